The standard InChI is InChI=1S/C25H45O10P/c1-3-4-5-6-7-8-9-10-11-12-13-14-15-16-17-25(29)35-24(19-27)21-33-36(30,31)32-20-23(18-26)34-22(2)28/h6-7,9-10,23-24,26-27H,3-5,8,11-21H2,1-2H3,(H,30,31)/b7-6-,10-9-. The van der Waals surface area contributed by atoms with Crippen LogP contribution < -0.4 is 0 Å². The van der Waals surface area contributed by atoms with Crippen LogP contribution in [-0.2, 0) is 32.7 Å². The van der Waals surface area contributed by atoms with E-state index in [0.29, 0.717) is 6.42 Å². The smallest absolute Gasteiger partial charge is 0.458 e. The molecule has 10 nitrogen and oxygen atoms in total. The summed E-state index contributed by atoms with van der Waals surface area (Å²) in [6, 6.07) is 0. The van der Waals surface area contributed by atoms with Crippen LogP contribution in [0.1, 0.15) is 84.5 Å². The second-order valence-corrected chi connectivity index (χ2v) is 9.85. The quantitative estimate of drug-likeness (QED) is 0.0744. The van der Waals surface area contributed by atoms with Gasteiger partial charge in [0.15, 0.2) is 0 Å². The van der Waals surface area contributed by atoms with E-state index in [-0.39, 0.29) is 6.42 Å². The van der Waals surface area contributed by atoms with Crippen LogP contribution in [0.25, 0.3) is 0 Å². The molecule has 0 radical (unpaired) electrons. The molecule has 3 unspecified atom stereocenters. The van der Waals surface area contributed by atoms with Crippen molar-refractivity contribution in [1.29, 1.82) is 0 Å². The lowest BCUT2D eigenvalue weighted by Gasteiger charge is -2.20. The highest BCUT2D eigenvalue weighted by atomic mass is 31.2. The van der Waals surface area contributed by atoms with Crippen LogP contribution in [0, 0.1) is 0 Å². The van der Waals surface area contributed by atoms with Gasteiger partial charge in [-0.2, -0.15) is 0 Å². The number of esters is 2. The van der Waals surface area contributed by atoms with Crippen LogP contribution in [0.4, 0.5) is 0 Å². The first-order chi connectivity index (χ1) is 17.2. The molecule has 0 bridgehead atoms. The number of unbranched alkanes of at least 4 members (excludes halogenated alkanes) is 7. The van der Waals surface area contributed by atoms with Crippen LogP contribution in [0.5, 0.6) is 0 Å². The summed E-state index contributed by atoms with van der Waals surface area (Å²) in [5.41, 5.74) is 0. The highest BCUT2D eigenvalue weighted by Crippen LogP contribution is 2.43. The first kappa shape index (κ1) is 34.5. The number of phosphoric ester groups is 1. The molecule has 0 rings (SSSR count). The van der Waals surface area contributed by atoms with Crippen LogP contribution in [0.2, 0.25) is 0 Å². The molecule has 0 spiro atoms. The summed E-state index contributed by atoms with van der Waals surface area (Å²) in [6.45, 7) is 0.974. The molecule has 0 saturated heterocycles. The van der Waals surface area contributed by atoms with Crippen molar-refractivity contribution in [2.75, 3.05) is 26.4 Å². The molecule has 0 aromatic rings. The summed E-state index contributed by atoms with van der Waals surface area (Å²) in [6.07, 6.45) is 17.1. The molecule has 0 amide bonds. The van der Waals surface area contributed by atoms with Crippen molar-refractivity contribution in [3.63, 3.8) is 0 Å². The second-order valence-electron chi connectivity index (χ2n) is 8.40. The number of carbonyl (C=O) groups excluding carboxylic acids is 2. The number of aliphatic hydroxyl groups is 2. The van der Waals surface area contributed by atoms with Gasteiger partial charge in [-0.1, -0.05) is 63.3 Å². The zero-order valence-corrected chi connectivity index (χ0v) is 22.6. The summed E-state index contributed by atoms with van der Waals surface area (Å²) in [4.78, 5) is 32.5. The SMILES string of the molecule is CCCC/C=C\C/C=C\CCCCCCCC(=O)OC(CO)COP(=O)(O)OCC(CO)OC(C)=O. The minimum atomic E-state index is -4.58. The van der Waals surface area contributed by atoms with Gasteiger partial charge in [0, 0.05) is 13.3 Å². The minimum absolute atomic E-state index is 0.175. The van der Waals surface area contributed by atoms with Gasteiger partial charge in [-0.05, 0) is 32.1 Å². The fraction of sp³-hybridized carbons (Fsp3) is 0.760. The van der Waals surface area contributed by atoms with Gasteiger partial charge in [0.2, 0.25) is 0 Å². The van der Waals surface area contributed by atoms with E-state index < -0.39 is 58.4 Å². The normalized spacial score (nSPS) is 15.1. The van der Waals surface area contributed by atoms with Crippen molar-refractivity contribution >= 4 is 19.8 Å². The number of hydrogen-bond donors (Lipinski definition) is 3. The number of rotatable bonds is 23. The van der Waals surface area contributed by atoms with E-state index in [4.69, 9.17) is 14.4 Å². The molecule has 0 aliphatic carbocycles. The van der Waals surface area contributed by atoms with Crippen molar-refractivity contribution in [1.82, 2.24) is 0 Å². The Kier molecular flexibility index (Phi) is 21.7. The molecule has 0 aromatic heterocycles. The lowest BCUT2D eigenvalue weighted by Crippen LogP contribution is -2.28. The summed E-state index contributed by atoms with van der Waals surface area (Å²) in [5.74, 6) is -1.22. The largest absolute Gasteiger partial charge is 0.472 e. The van der Waals surface area contributed by atoms with Gasteiger partial charge < -0.3 is 24.6 Å². The van der Waals surface area contributed by atoms with Gasteiger partial charge in [-0.15, -0.1) is 0 Å². The average molecular weight is 537 g/mol. The van der Waals surface area contributed by atoms with Gasteiger partial charge in [0.25, 0.3) is 0 Å². The van der Waals surface area contributed by atoms with Gasteiger partial charge in [-0.25, -0.2) is 4.57 Å². The molecule has 11 heteroatoms. The lowest BCUT2D eigenvalue weighted by atomic mass is 10.1. The van der Waals surface area contributed by atoms with E-state index in [1.807, 2.05) is 0 Å². The molecular weight excluding hydrogens is 491 g/mol. The Morgan fingerprint density at radius 1 is 0.806 bits per heavy atom. The number of hydrogen-bond acceptors (Lipinski definition) is 9. The first-order valence-electron chi connectivity index (χ1n) is 12.7. The predicted molar refractivity (Wildman–Crippen MR) is 136 cm³/mol. The van der Waals surface area contributed by atoms with Crippen molar-refractivity contribution in [3.8, 4) is 0 Å². The fourth-order valence-electron chi connectivity index (χ4n) is 3.01. The van der Waals surface area contributed by atoms with E-state index in [1.54, 1.807) is 0 Å². The predicted octanol–water partition coefficient (Wildman–Crippen LogP) is 4.37. The molecule has 3 atom stereocenters. The van der Waals surface area contributed by atoms with Gasteiger partial charge in [0.05, 0.1) is 26.4 Å². The molecule has 0 aromatic carbocycles. The van der Waals surface area contributed by atoms with E-state index in [1.165, 1.54) is 12.8 Å². The Balaban J connectivity index is 3.93. The Hall–Kier alpha value is -1.55. The summed E-state index contributed by atoms with van der Waals surface area (Å²) in [7, 11) is -4.58. The highest BCUT2D eigenvalue weighted by molar-refractivity contribution is 7.47. The van der Waals surface area contributed by atoms with E-state index in [9.17, 15) is 24.2 Å². The zero-order valence-electron chi connectivity index (χ0n) is 21.7. The third kappa shape index (κ3) is 21.7. The maximum absolute atomic E-state index is 12.0. The van der Waals surface area contributed by atoms with Crippen molar-refractivity contribution in [2.24, 2.45) is 0 Å². The van der Waals surface area contributed by atoms with Crippen LogP contribution in [-0.4, -0.2) is 65.7 Å². The first-order valence-corrected chi connectivity index (χ1v) is 14.2. The fourth-order valence-corrected chi connectivity index (χ4v) is 3.79. The monoisotopic (exact) mass is 536 g/mol. The number of aliphatic hydroxyl groups excluding tert-OH is 2. The van der Waals surface area contributed by atoms with E-state index in [2.05, 4.69) is 40.5 Å². The summed E-state index contributed by atoms with van der Waals surface area (Å²) >= 11 is 0. The van der Waals surface area contributed by atoms with Crippen molar-refractivity contribution in [2.45, 2.75) is 96.7 Å². The maximum atomic E-state index is 12.0. The Morgan fingerprint density at radius 2 is 1.33 bits per heavy atom. The molecular formula is C25H45O10P. The number of ether oxygens (including phenoxy) is 2. The number of carbonyl (C=O) groups is 2. The molecule has 210 valence electrons. The molecule has 36 heavy (non-hydrogen) atoms. The molecule has 0 heterocycles. The number of phosphoric acid groups is 1. The van der Waals surface area contributed by atoms with Gasteiger partial charge in [0.1, 0.15) is 12.2 Å². The number of allylic oxidation sites excluding steroid dienone is 4. The van der Waals surface area contributed by atoms with Crippen LogP contribution in [0.3, 0.4) is 0 Å². The Morgan fingerprint density at radius 3 is 1.89 bits per heavy atom. The van der Waals surface area contributed by atoms with Crippen LogP contribution in [0.15, 0.2) is 24.3 Å². The Bertz CT molecular complexity index is 680. The third-order valence-corrected chi connectivity index (χ3v) is 5.92. The summed E-state index contributed by atoms with van der Waals surface area (Å²) < 4.78 is 31.1. The Labute approximate surface area is 215 Å². The zero-order chi connectivity index (χ0) is 27.1. The topological polar surface area (TPSA) is 149 Å². The second kappa shape index (κ2) is 22.6. The molecule has 3 N–H and O–H groups in total. The van der Waals surface area contributed by atoms with E-state index >= 15 is 0 Å². The molecule has 0 aliphatic heterocycles. The minimum Gasteiger partial charge on any atom is -0.458 e. The molecule has 0 fully saturated rings. The molecule has 0 saturated carbocycles. The van der Waals surface area contributed by atoms with Crippen molar-refractivity contribution in [3.05, 3.63) is 24.3 Å². The molecule has 0 aliphatic rings. The maximum Gasteiger partial charge on any atom is 0.472 e. The lowest BCUT2D eigenvalue weighted by molar-refractivity contribution is -0.153. The summed E-state index contributed by atoms with van der Waals surface area (Å²) in [5, 5.41) is 18.4. The van der Waals surface area contributed by atoms with Crippen molar-refractivity contribution < 1.29 is 47.8 Å². The van der Waals surface area contributed by atoms with Gasteiger partial charge in [-0.3, -0.25) is 18.6 Å². The van der Waals surface area contributed by atoms with E-state index in [0.717, 1.165) is 51.9 Å². The van der Waals surface area contributed by atoms with Gasteiger partial charge >= 0.3 is 19.8 Å². The van der Waals surface area contributed by atoms with Crippen LogP contribution >= 0.6 is 7.82 Å². The third-order valence-electron chi connectivity index (χ3n) is 4.97. The highest BCUT2D eigenvalue weighted by Gasteiger charge is 2.27. The average Bonchev–Trinajstić information content (AvgIpc) is 2.84.